The summed E-state index contributed by atoms with van der Waals surface area (Å²) in [5.74, 6) is 9.26. The van der Waals surface area contributed by atoms with Crippen molar-refractivity contribution < 1.29 is 13.6 Å². The number of halogens is 2. The first-order chi connectivity index (χ1) is 13.3. The number of allylic oxidation sites excluding steroid dienone is 6. The Labute approximate surface area is 168 Å². The van der Waals surface area contributed by atoms with Crippen molar-refractivity contribution >= 4 is 28.4 Å². The highest BCUT2D eigenvalue weighted by Crippen LogP contribution is 2.26. The Kier molecular flexibility index (Phi) is 9.61. The highest BCUT2D eigenvalue weighted by molar-refractivity contribution is 8.15. The number of ketones is 1. The maximum Gasteiger partial charge on any atom is 0.202 e. The van der Waals surface area contributed by atoms with Gasteiger partial charge in [0.25, 0.3) is 0 Å². The molecule has 4 N–H and O–H groups in total. The zero-order valence-corrected chi connectivity index (χ0v) is 17.3. The molecule has 1 aliphatic rings. The zero-order chi connectivity index (χ0) is 21.3. The summed E-state index contributed by atoms with van der Waals surface area (Å²) in [5, 5.41) is 4.62. The van der Waals surface area contributed by atoms with Crippen LogP contribution in [0.5, 0.6) is 0 Å². The molecular weight excluding hydrogens is 382 g/mol. The molecule has 28 heavy (non-hydrogen) atoms. The molecule has 1 atom stereocenters. The van der Waals surface area contributed by atoms with Crippen LogP contribution in [0.1, 0.15) is 32.8 Å². The summed E-state index contributed by atoms with van der Waals surface area (Å²) in [7, 11) is 0. The van der Waals surface area contributed by atoms with Gasteiger partial charge in [-0.25, -0.2) is 14.6 Å². The molecule has 1 aliphatic carbocycles. The Morgan fingerprint density at radius 2 is 1.93 bits per heavy atom. The molecule has 0 amide bonds. The number of hydrogen-bond acceptors (Lipinski definition) is 5. The van der Waals surface area contributed by atoms with E-state index in [9.17, 15) is 13.6 Å². The molecular formula is C20H26F2N4OS. The van der Waals surface area contributed by atoms with Crippen LogP contribution in [0.3, 0.4) is 0 Å². The van der Waals surface area contributed by atoms with E-state index in [1.165, 1.54) is 11.1 Å². The van der Waals surface area contributed by atoms with E-state index in [0.717, 1.165) is 29.5 Å². The Morgan fingerprint density at radius 1 is 1.25 bits per heavy atom. The van der Waals surface area contributed by atoms with Crippen molar-refractivity contribution in [2.75, 3.05) is 5.01 Å². The standard InChI is InChI=1S/C18H20F2N4OS.C2H6/c1-11-4-3-5-14(10-11)24(22)18(23-21)26-12(2)17(25)13-6-8-15(19)16(20)9-7-13;1-2/h3-6,8-10,12H,7,21-22H2,1-2H3;1-2H3/b23-18+;. The van der Waals surface area contributed by atoms with Gasteiger partial charge >= 0.3 is 0 Å². The molecule has 1 aromatic carbocycles. The minimum atomic E-state index is -0.995. The summed E-state index contributed by atoms with van der Waals surface area (Å²) in [6.45, 7) is 7.59. The number of amidine groups is 1. The summed E-state index contributed by atoms with van der Waals surface area (Å²) in [6.07, 6.45) is 3.29. The number of nitrogens with zero attached hydrogens (tertiary/aromatic N) is 2. The molecule has 0 saturated heterocycles. The van der Waals surface area contributed by atoms with Gasteiger partial charge in [0, 0.05) is 5.57 Å². The molecule has 1 unspecified atom stereocenters. The lowest BCUT2D eigenvalue weighted by molar-refractivity contribution is -0.114. The minimum absolute atomic E-state index is 0.0127. The molecule has 0 saturated carbocycles. The molecule has 0 bridgehead atoms. The van der Waals surface area contributed by atoms with E-state index >= 15 is 0 Å². The second kappa shape index (κ2) is 11.4. The van der Waals surface area contributed by atoms with E-state index in [1.54, 1.807) is 13.0 Å². The van der Waals surface area contributed by atoms with Crippen molar-refractivity contribution in [1.29, 1.82) is 0 Å². The fourth-order valence-corrected chi connectivity index (χ4v) is 3.17. The van der Waals surface area contributed by atoms with Crippen LogP contribution in [-0.2, 0) is 4.79 Å². The Hall–Kier alpha value is -2.45. The molecule has 2 rings (SSSR count). The Balaban J connectivity index is 0.00000190. The topological polar surface area (TPSA) is 84.7 Å². The number of anilines is 1. The summed E-state index contributed by atoms with van der Waals surface area (Å²) >= 11 is 1.07. The summed E-state index contributed by atoms with van der Waals surface area (Å²) in [4.78, 5) is 12.6. The highest BCUT2D eigenvalue weighted by Gasteiger charge is 2.23. The van der Waals surface area contributed by atoms with E-state index in [-0.39, 0.29) is 17.4 Å². The monoisotopic (exact) mass is 408 g/mol. The molecule has 0 aliphatic heterocycles. The molecule has 8 heteroatoms. The molecule has 0 aromatic heterocycles. The van der Waals surface area contributed by atoms with Crippen molar-refractivity contribution in [1.82, 2.24) is 0 Å². The number of nitrogens with two attached hydrogens (primary N) is 2. The van der Waals surface area contributed by atoms with Crippen LogP contribution in [0.15, 0.2) is 64.8 Å². The first-order valence-electron chi connectivity index (χ1n) is 8.86. The van der Waals surface area contributed by atoms with Crippen molar-refractivity contribution in [2.24, 2.45) is 16.8 Å². The van der Waals surface area contributed by atoms with Crippen LogP contribution in [0.25, 0.3) is 0 Å². The zero-order valence-electron chi connectivity index (χ0n) is 16.4. The number of Topliss-reactive ketones (excluding diaryl/α,β-unsaturated/α-hetero) is 1. The maximum atomic E-state index is 13.3. The van der Waals surface area contributed by atoms with Gasteiger partial charge in [0.05, 0.1) is 10.9 Å². The third-order valence-corrected chi connectivity index (χ3v) is 4.80. The number of carbonyl (C=O) groups excluding carboxylic acids is 1. The van der Waals surface area contributed by atoms with E-state index in [1.807, 2.05) is 39.0 Å². The molecule has 5 nitrogen and oxygen atoms in total. The van der Waals surface area contributed by atoms with Crippen LogP contribution in [0.4, 0.5) is 14.5 Å². The van der Waals surface area contributed by atoms with E-state index in [0.29, 0.717) is 11.3 Å². The Morgan fingerprint density at radius 3 is 2.54 bits per heavy atom. The minimum Gasteiger partial charge on any atom is -0.321 e. The predicted molar refractivity (Wildman–Crippen MR) is 114 cm³/mol. The van der Waals surface area contributed by atoms with E-state index in [4.69, 9.17) is 11.7 Å². The number of hydrogen-bond donors (Lipinski definition) is 2. The average molecular weight is 409 g/mol. The van der Waals surface area contributed by atoms with Gasteiger partial charge in [-0.1, -0.05) is 43.8 Å². The fourth-order valence-electron chi connectivity index (χ4n) is 2.31. The molecule has 0 spiro atoms. The molecule has 152 valence electrons. The number of benzene rings is 1. The van der Waals surface area contributed by atoms with Crippen molar-refractivity contribution in [3.63, 3.8) is 0 Å². The van der Waals surface area contributed by atoms with Gasteiger partial charge in [-0.15, -0.1) is 0 Å². The smallest absolute Gasteiger partial charge is 0.202 e. The lowest BCUT2D eigenvalue weighted by Crippen LogP contribution is -2.38. The highest BCUT2D eigenvalue weighted by atomic mass is 32.2. The number of rotatable bonds is 4. The van der Waals surface area contributed by atoms with Crippen molar-refractivity contribution in [3.8, 4) is 0 Å². The third kappa shape index (κ3) is 6.31. The maximum absolute atomic E-state index is 13.3. The largest absolute Gasteiger partial charge is 0.321 e. The third-order valence-electron chi connectivity index (χ3n) is 3.72. The van der Waals surface area contributed by atoms with E-state index in [2.05, 4.69) is 5.10 Å². The number of hydrazone groups is 1. The summed E-state index contributed by atoms with van der Waals surface area (Å²) in [6, 6.07) is 7.41. The quantitative estimate of drug-likeness (QED) is 0.328. The van der Waals surface area contributed by atoms with Crippen LogP contribution >= 0.6 is 11.8 Å². The van der Waals surface area contributed by atoms with Gasteiger partial charge in [-0.05, 0) is 50.1 Å². The first kappa shape index (κ1) is 23.6. The van der Waals surface area contributed by atoms with Crippen LogP contribution in [-0.4, -0.2) is 16.2 Å². The fraction of sp³-hybridized carbons (Fsp3) is 0.300. The summed E-state index contributed by atoms with van der Waals surface area (Å²) < 4.78 is 26.5. The molecule has 0 fully saturated rings. The normalized spacial score (nSPS) is 15.2. The van der Waals surface area contributed by atoms with Crippen molar-refractivity contribution in [3.05, 3.63) is 65.3 Å². The Bertz CT molecular complexity index is 818. The number of aryl methyl sites for hydroxylation is 1. The second-order valence-corrected chi connectivity index (χ2v) is 7.02. The van der Waals surface area contributed by atoms with E-state index < -0.39 is 16.9 Å². The lowest BCUT2D eigenvalue weighted by atomic mass is 10.1. The lowest BCUT2D eigenvalue weighted by Gasteiger charge is -2.22. The number of carbonyl (C=O) groups is 1. The molecule has 0 heterocycles. The molecule has 1 aromatic rings. The second-order valence-electron chi connectivity index (χ2n) is 5.71. The first-order valence-corrected chi connectivity index (χ1v) is 9.74. The average Bonchev–Trinajstić information content (AvgIpc) is 2.87. The van der Waals surface area contributed by atoms with Gasteiger partial charge in [0.2, 0.25) is 5.17 Å². The van der Waals surface area contributed by atoms with Crippen molar-refractivity contribution in [2.45, 2.75) is 39.4 Å². The predicted octanol–water partition coefficient (Wildman–Crippen LogP) is 4.66. The SMILES string of the molecule is CC.Cc1cccc(N(N)/C(=N\N)SC(C)C(=O)C2=CC=C(F)C(F)=CC2)c1. The van der Waals surface area contributed by atoms with Gasteiger partial charge in [-0.2, -0.15) is 5.10 Å². The van der Waals surface area contributed by atoms with Gasteiger partial charge in [0.15, 0.2) is 17.4 Å². The summed E-state index contributed by atoms with van der Waals surface area (Å²) in [5.41, 5.74) is 1.98. The van der Waals surface area contributed by atoms with Crippen LogP contribution in [0, 0.1) is 6.92 Å². The number of hydrazine groups is 1. The van der Waals surface area contributed by atoms with Gasteiger partial charge < -0.3 is 5.84 Å². The van der Waals surface area contributed by atoms with Gasteiger partial charge in [-0.3, -0.25) is 9.80 Å². The number of thioether (sulfide) groups is 1. The van der Waals surface area contributed by atoms with Crippen LogP contribution < -0.4 is 16.7 Å². The molecule has 0 radical (unpaired) electrons. The van der Waals surface area contributed by atoms with Crippen LogP contribution in [0.2, 0.25) is 0 Å². The van der Waals surface area contributed by atoms with Gasteiger partial charge in [0.1, 0.15) is 0 Å².